The second kappa shape index (κ2) is 14.1. The molecule has 38 heavy (non-hydrogen) atoms. The normalized spacial score (nSPS) is 10.9. The number of carbonyl (C=O) groups is 2. The van der Waals surface area contributed by atoms with Crippen LogP contribution in [0.4, 0.5) is 22.7 Å². The van der Waals surface area contributed by atoms with E-state index >= 15 is 0 Å². The second-order valence-electron chi connectivity index (χ2n) is 8.09. The fourth-order valence-electron chi connectivity index (χ4n) is 3.81. The van der Waals surface area contributed by atoms with Crippen molar-refractivity contribution in [2.24, 2.45) is 0 Å². The average Bonchev–Trinajstić information content (AvgIpc) is 2.86. The molecular formula is C28H22N2Na2O5S. The van der Waals surface area contributed by atoms with E-state index in [4.69, 9.17) is 0 Å². The van der Waals surface area contributed by atoms with Crippen LogP contribution in [0, 0.1) is 13.8 Å². The van der Waals surface area contributed by atoms with Crippen molar-refractivity contribution in [3.8, 4) is 0 Å². The average molecular weight is 545 g/mol. The van der Waals surface area contributed by atoms with Gasteiger partial charge in [-0.05, 0) is 55.3 Å². The third-order valence-electron chi connectivity index (χ3n) is 5.67. The van der Waals surface area contributed by atoms with Crippen molar-refractivity contribution < 1.29 is 83.1 Å². The Kier molecular flexibility index (Phi) is 11.8. The quantitative estimate of drug-likeness (QED) is 0.239. The van der Waals surface area contributed by atoms with Gasteiger partial charge < -0.3 is 30.4 Å². The molecule has 0 aromatic heterocycles. The molecule has 0 amide bonds. The molecule has 0 aliphatic rings. The van der Waals surface area contributed by atoms with E-state index in [1.54, 1.807) is 54.6 Å². The molecule has 0 aliphatic carbocycles. The molecule has 0 saturated carbocycles. The number of anilines is 4. The van der Waals surface area contributed by atoms with Crippen LogP contribution in [0.3, 0.4) is 0 Å². The maximum Gasteiger partial charge on any atom is 1.00 e. The van der Waals surface area contributed by atoms with Crippen molar-refractivity contribution >= 4 is 45.5 Å². The van der Waals surface area contributed by atoms with Gasteiger partial charge in [-0.15, -0.1) is 0 Å². The van der Waals surface area contributed by atoms with Crippen LogP contribution in [0.1, 0.15) is 31.8 Å². The van der Waals surface area contributed by atoms with Gasteiger partial charge in [-0.25, -0.2) is 4.21 Å². The minimum Gasteiger partial charge on any atom is -0.545 e. The van der Waals surface area contributed by atoms with E-state index in [-0.39, 0.29) is 80.9 Å². The Morgan fingerprint density at radius 2 is 1.18 bits per heavy atom. The fourth-order valence-corrected chi connectivity index (χ4v) is 5.13. The molecule has 2 N–H and O–H groups in total. The first-order valence-corrected chi connectivity index (χ1v) is 12.2. The summed E-state index contributed by atoms with van der Waals surface area (Å²) in [5, 5.41) is 30.9. The summed E-state index contributed by atoms with van der Waals surface area (Å²) in [5.74, 6) is -3.17. The molecule has 0 aliphatic heterocycles. The first-order valence-electron chi connectivity index (χ1n) is 11.0. The van der Waals surface area contributed by atoms with E-state index < -0.39 is 28.3 Å². The Morgan fingerprint density at radius 3 is 1.68 bits per heavy atom. The number of aryl methyl sites for hydroxylation is 2. The summed E-state index contributed by atoms with van der Waals surface area (Å²) in [6.07, 6.45) is 0. The summed E-state index contributed by atoms with van der Waals surface area (Å²) < 4.78 is 13.7. The molecule has 0 heterocycles. The number of benzene rings is 4. The summed E-state index contributed by atoms with van der Waals surface area (Å²) in [6, 6.07) is 23.6. The first kappa shape index (κ1) is 31.8. The smallest absolute Gasteiger partial charge is 0.545 e. The minimum atomic E-state index is -2.06. The third kappa shape index (κ3) is 6.95. The number of carboxylic acid groups (broad SMARTS) is 2. The number of aromatic carboxylic acids is 2. The van der Waals surface area contributed by atoms with Crippen molar-refractivity contribution in [3.63, 3.8) is 0 Å². The maximum absolute atomic E-state index is 13.7. The zero-order valence-corrected chi connectivity index (χ0v) is 26.3. The number of carboxylic acids is 2. The van der Waals surface area contributed by atoms with Crippen LogP contribution in [0.2, 0.25) is 0 Å². The number of nitrogens with one attached hydrogen (secondary N) is 2. The van der Waals surface area contributed by atoms with Crippen molar-refractivity contribution in [1.82, 2.24) is 0 Å². The topological polar surface area (TPSA) is 121 Å². The van der Waals surface area contributed by atoms with Crippen LogP contribution in [-0.4, -0.2) is 16.1 Å². The molecule has 0 radical (unpaired) electrons. The summed E-state index contributed by atoms with van der Waals surface area (Å²) in [7, 11) is -2.06. The van der Waals surface area contributed by atoms with E-state index in [0.29, 0.717) is 16.3 Å². The molecule has 4 rings (SSSR count). The molecule has 0 saturated heterocycles. The standard InChI is InChI=1S/C28H24N2O5S.2Na/c1-17-10-6-8-14-21(17)29-23-16-20(27(31)32)26(36(35)19-12-4-3-5-13-19)25(24(23)28(33)34)30-22-15-9-7-11-18(22)2;;/h3-16,29-30H,1-2H3,(H,31,32)(H,33,34);;/q;2*+1/p-2. The molecule has 10 heteroatoms. The van der Waals surface area contributed by atoms with Gasteiger partial charge in [-0.3, -0.25) is 0 Å². The predicted molar refractivity (Wildman–Crippen MR) is 135 cm³/mol. The second-order valence-corrected chi connectivity index (χ2v) is 9.50. The zero-order valence-electron chi connectivity index (χ0n) is 21.5. The molecule has 1 unspecified atom stereocenters. The number of carbonyl (C=O) groups excluding carboxylic acids is 2. The maximum atomic E-state index is 13.7. The van der Waals surface area contributed by atoms with Crippen LogP contribution in [0.25, 0.3) is 0 Å². The Morgan fingerprint density at radius 1 is 0.684 bits per heavy atom. The number of hydrogen-bond acceptors (Lipinski definition) is 7. The van der Waals surface area contributed by atoms with Gasteiger partial charge in [0.15, 0.2) is 0 Å². The summed E-state index contributed by atoms with van der Waals surface area (Å²) >= 11 is 0. The van der Waals surface area contributed by atoms with E-state index in [2.05, 4.69) is 10.6 Å². The Labute approximate surface area is 267 Å². The van der Waals surface area contributed by atoms with Gasteiger partial charge in [-0.2, -0.15) is 0 Å². The van der Waals surface area contributed by atoms with E-state index in [1.807, 2.05) is 38.1 Å². The van der Waals surface area contributed by atoms with Gasteiger partial charge in [-0.1, -0.05) is 54.6 Å². The van der Waals surface area contributed by atoms with E-state index in [1.165, 1.54) is 0 Å². The SMILES string of the molecule is Cc1ccccc1Nc1cc(C(=O)[O-])c(S(=O)c2ccccc2)c(Nc2ccccc2C)c1C(=O)[O-].[Na+].[Na+]. The Bertz CT molecular complexity index is 1500. The number of para-hydroxylation sites is 2. The Hall–Kier alpha value is -2.43. The summed E-state index contributed by atoms with van der Waals surface area (Å²) in [6.45, 7) is 3.63. The van der Waals surface area contributed by atoms with E-state index in [9.17, 15) is 24.0 Å². The van der Waals surface area contributed by atoms with Gasteiger partial charge in [0, 0.05) is 27.4 Å². The monoisotopic (exact) mass is 544 g/mol. The number of rotatable bonds is 8. The molecule has 1 atom stereocenters. The van der Waals surface area contributed by atoms with Gasteiger partial charge in [0.2, 0.25) is 0 Å². The summed E-state index contributed by atoms with van der Waals surface area (Å²) in [4.78, 5) is 24.9. The van der Waals surface area contributed by atoms with E-state index in [0.717, 1.165) is 17.2 Å². The van der Waals surface area contributed by atoms with Crippen LogP contribution >= 0.6 is 0 Å². The molecule has 4 aromatic carbocycles. The minimum absolute atomic E-state index is 0. The largest absolute Gasteiger partial charge is 1.00 e. The molecule has 182 valence electrons. The molecule has 0 fully saturated rings. The molecular weight excluding hydrogens is 522 g/mol. The molecule has 0 bridgehead atoms. The fraction of sp³-hybridized carbons (Fsp3) is 0.0714. The van der Waals surface area contributed by atoms with Crippen LogP contribution < -0.4 is 80.0 Å². The molecule has 0 spiro atoms. The van der Waals surface area contributed by atoms with Crippen molar-refractivity contribution in [1.29, 1.82) is 0 Å². The molecule has 4 aromatic rings. The van der Waals surface area contributed by atoms with Crippen molar-refractivity contribution in [3.05, 3.63) is 107 Å². The third-order valence-corrected chi connectivity index (χ3v) is 7.16. The van der Waals surface area contributed by atoms with Gasteiger partial charge in [0.1, 0.15) is 0 Å². The predicted octanol–water partition coefficient (Wildman–Crippen LogP) is -2.31. The molecule has 7 nitrogen and oxygen atoms in total. The van der Waals surface area contributed by atoms with Gasteiger partial charge in [0.25, 0.3) is 0 Å². The van der Waals surface area contributed by atoms with Crippen LogP contribution in [-0.2, 0) is 10.8 Å². The first-order chi connectivity index (χ1) is 17.3. The zero-order chi connectivity index (χ0) is 25.8. The van der Waals surface area contributed by atoms with Crippen LogP contribution in [0.5, 0.6) is 0 Å². The number of hydrogen-bond donors (Lipinski definition) is 2. The summed E-state index contributed by atoms with van der Waals surface area (Å²) in [5.41, 5.74) is 1.72. The van der Waals surface area contributed by atoms with Crippen LogP contribution in [0.15, 0.2) is 94.7 Å². The van der Waals surface area contributed by atoms with Gasteiger partial charge in [0.05, 0.1) is 39.0 Å². The van der Waals surface area contributed by atoms with Gasteiger partial charge >= 0.3 is 59.1 Å². The van der Waals surface area contributed by atoms with Crippen molar-refractivity contribution in [2.45, 2.75) is 23.6 Å². The van der Waals surface area contributed by atoms with Crippen molar-refractivity contribution in [2.75, 3.05) is 10.6 Å². The Balaban J connectivity index is 0.00000253.